The van der Waals surface area contributed by atoms with E-state index in [2.05, 4.69) is 42.6 Å². The van der Waals surface area contributed by atoms with Crippen LogP contribution in [-0.2, 0) is 0 Å². The van der Waals surface area contributed by atoms with Crippen molar-refractivity contribution < 1.29 is 0 Å². The lowest BCUT2D eigenvalue weighted by Crippen LogP contribution is -2.34. The first-order valence-electron chi connectivity index (χ1n) is 10.4. The summed E-state index contributed by atoms with van der Waals surface area (Å²) >= 11 is 6.58. The van der Waals surface area contributed by atoms with E-state index < -0.39 is 0 Å². The Bertz CT molecular complexity index is 553. The summed E-state index contributed by atoms with van der Waals surface area (Å²) in [6.45, 7) is 3.29. The molecule has 3 rings (SSSR count). The molecule has 1 atom stereocenters. The Morgan fingerprint density at radius 2 is 1.72 bits per heavy atom. The van der Waals surface area contributed by atoms with E-state index in [4.69, 9.17) is 11.6 Å². The molecule has 138 valence electrons. The number of rotatable bonds is 6. The second-order valence-electron chi connectivity index (χ2n) is 8.11. The van der Waals surface area contributed by atoms with Crippen molar-refractivity contribution in [3.8, 4) is 0 Å². The van der Waals surface area contributed by atoms with Crippen LogP contribution in [0.5, 0.6) is 0 Å². The second-order valence-corrected chi connectivity index (χ2v) is 8.52. The number of nitrogens with one attached hydrogen (secondary N) is 1. The van der Waals surface area contributed by atoms with Crippen LogP contribution >= 0.6 is 11.6 Å². The monoisotopic (exact) mass is 359 g/mol. The number of benzene rings is 1. The number of halogens is 1. The Labute approximate surface area is 159 Å². The van der Waals surface area contributed by atoms with Gasteiger partial charge in [-0.3, -0.25) is 0 Å². The number of hydrogen-bond donors (Lipinski definition) is 1. The normalized spacial score (nSPS) is 21.7. The second kappa shape index (κ2) is 9.78. The minimum absolute atomic E-state index is 0.627. The van der Waals surface area contributed by atoms with E-state index in [0.29, 0.717) is 12.0 Å². The summed E-state index contributed by atoms with van der Waals surface area (Å²) in [7, 11) is 0. The van der Waals surface area contributed by atoms with Crippen LogP contribution in [0.1, 0.15) is 88.2 Å². The third-order valence-corrected chi connectivity index (χ3v) is 6.62. The van der Waals surface area contributed by atoms with Crippen molar-refractivity contribution >= 4 is 17.7 Å². The molecular weight excluding hydrogens is 326 g/mol. The van der Waals surface area contributed by atoms with Crippen molar-refractivity contribution in [3.05, 3.63) is 40.4 Å². The van der Waals surface area contributed by atoms with Gasteiger partial charge in [0.15, 0.2) is 0 Å². The molecular formula is C23H34ClN. The predicted molar refractivity (Wildman–Crippen MR) is 110 cm³/mol. The first kappa shape index (κ1) is 19.0. The van der Waals surface area contributed by atoms with E-state index in [1.807, 2.05) is 0 Å². The molecule has 2 fully saturated rings. The van der Waals surface area contributed by atoms with Gasteiger partial charge in [0.25, 0.3) is 0 Å². The van der Waals surface area contributed by atoms with Gasteiger partial charge in [0.1, 0.15) is 0 Å². The van der Waals surface area contributed by atoms with Crippen LogP contribution < -0.4 is 5.32 Å². The summed E-state index contributed by atoms with van der Waals surface area (Å²) in [6.07, 6.45) is 18.2. The molecule has 0 aliphatic heterocycles. The molecule has 1 unspecified atom stereocenters. The first-order valence-corrected chi connectivity index (χ1v) is 10.8. The summed E-state index contributed by atoms with van der Waals surface area (Å²) in [6, 6.07) is 7.27. The Morgan fingerprint density at radius 1 is 1.04 bits per heavy atom. The smallest absolute Gasteiger partial charge is 0.0446 e. The summed E-state index contributed by atoms with van der Waals surface area (Å²) in [5.41, 5.74) is 2.58. The third-order valence-electron chi connectivity index (χ3n) is 6.29. The van der Waals surface area contributed by atoms with E-state index in [0.717, 1.165) is 17.5 Å². The van der Waals surface area contributed by atoms with Crippen molar-refractivity contribution in [2.45, 2.75) is 83.1 Å². The van der Waals surface area contributed by atoms with Crippen LogP contribution in [0.2, 0.25) is 5.02 Å². The fourth-order valence-electron chi connectivity index (χ4n) is 4.64. The first-order chi connectivity index (χ1) is 12.2. The van der Waals surface area contributed by atoms with Crippen molar-refractivity contribution in [2.24, 2.45) is 5.92 Å². The Hall–Kier alpha value is -0.790. The highest BCUT2D eigenvalue weighted by Gasteiger charge is 2.19. The highest BCUT2D eigenvalue weighted by molar-refractivity contribution is 6.31. The molecule has 0 spiro atoms. The molecule has 25 heavy (non-hydrogen) atoms. The molecule has 1 aromatic carbocycles. The van der Waals surface area contributed by atoms with Gasteiger partial charge in [-0.25, -0.2) is 0 Å². The lowest BCUT2D eigenvalue weighted by Gasteiger charge is -2.28. The summed E-state index contributed by atoms with van der Waals surface area (Å²) in [5.74, 6) is 1.55. The van der Waals surface area contributed by atoms with E-state index in [-0.39, 0.29) is 0 Å². The number of hydrogen-bond acceptors (Lipinski definition) is 1. The molecule has 1 N–H and O–H groups in total. The SMILES string of the molecule is CC(NC/C=C\c1ccc(C2CCCCC2)c(Cl)c1)C1CCCCC1. The fraction of sp³-hybridized carbons (Fsp3) is 0.652. The molecule has 0 amide bonds. The van der Waals surface area contributed by atoms with Crippen molar-refractivity contribution in [3.63, 3.8) is 0 Å². The molecule has 2 heteroatoms. The van der Waals surface area contributed by atoms with Crippen LogP contribution in [0, 0.1) is 5.92 Å². The molecule has 0 heterocycles. The molecule has 0 aromatic heterocycles. The van der Waals surface area contributed by atoms with Gasteiger partial charge in [-0.1, -0.05) is 74.4 Å². The lowest BCUT2D eigenvalue weighted by molar-refractivity contribution is 0.287. The molecule has 2 saturated carbocycles. The van der Waals surface area contributed by atoms with Gasteiger partial charge in [0.2, 0.25) is 0 Å². The largest absolute Gasteiger partial charge is 0.311 e. The summed E-state index contributed by atoms with van der Waals surface area (Å²) < 4.78 is 0. The average molecular weight is 360 g/mol. The standard InChI is InChI=1S/C23H34ClN/c1-18(20-10-4-2-5-11-20)25-16-8-9-19-14-15-22(23(24)17-19)21-12-6-3-7-13-21/h8-9,14-15,17-18,20-21,25H,2-7,10-13,16H2,1H3/b9-8-. The zero-order valence-electron chi connectivity index (χ0n) is 15.8. The van der Waals surface area contributed by atoms with Crippen LogP contribution in [-0.4, -0.2) is 12.6 Å². The van der Waals surface area contributed by atoms with Gasteiger partial charge < -0.3 is 5.32 Å². The maximum Gasteiger partial charge on any atom is 0.0446 e. The Morgan fingerprint density at radius 3 is 2.40 bits per heavy atom. The lowest BCUT2D eigenvalue weighted by atomic mass is 9.84. The minimum Gasteiger partial charge on any atom is -0.311 e. The van der Waals surface area contributed by atoms with Crippen LogP contribution in [0.15, 0.2) is 24.3 Å². The predicted octanol–water partition coefficient (Wildman–Crippen LogP) is 6.96. The van der Waals surface area contributed by atoms with Crippen LogP contribution in [0.3, 0.4) is 0 Å². The van der Waals surface area contributed by atoms with Gasteiger partial charge in [0, 0.05) is 17.6 Å². The van der Waals surface area contributed by atoms with Crippen LogP contribution in [0.25, 0.3) is 6.08 Å². The maximum absolute atomic E-state index is 6.58. The zero-order valence-corrected chi connectivity index (χ0v) is 16.5. The molecule has 2 aliphatic rings. The molecule has 1 aromatic rings. The maximum atomic E-state index is 6.58. The molecule has 0 bridgehead atoms. The Kier molecular flexibility index (Phi) is 7.43. The minimum atomic E-state index is 0.627. The summed E-state index contributed by atoms with van der Waals surface area (Å²) in [5, 5.41) is 4.64. The quantitative estimate of drug-likeness (QED) is 0.578. The van der Waals surface area contributed by atoms with Crippen molar-refractivity contribution in [1.82, 2.24) is 5.32 Å². The van der Waals surface area contributed by atoms with Gasteiger partial charge >= 0.3 is 0 Å². The van der Waals surface area contributed by atoms with Gasteiger partial charge in [-0.15, -0.1) is 0 Å². The molecule has 0 radical (unpaired) electrons. The van der Waals surface area contributed by atoms with Crippen molar-refractivity contribution in [1.29, 1.82) is 0 Å². The zero-order chi connectivity index (χ0) is 17.5. The van der Waals surface area contributed by atoms with Gasteiger partial charge in [-0.05, 0) is 61.6 Å². The average Bonchev–Trinajstić information content (AvgIpc) is 2.66. The van der Waals surface area contributed by atoms with Crippen LogP contribution in [0.4, 0.5) is 0 Å². The summed E-state index contributed by atoms with van der Waals surface area (Å²) in [4.78, 5) is 0. The highest BCUT2D eigenvalue weighted by Crippen LogP contribution is 2.36. The van der Waals surface area contributed by atoms with E-state index in [1.165, 1.54) is 75.3 Å². The van der Waals surface area contributed by atoms with E-state index in [1.54, 1.807) is 0 Å². The van der Waals surface area contributed by atoms with Gasteiger partial charge in [0.05, 0.1) is 0 Å². The highest BCUT2D eigenvalue weighted by atomic mass is 35.5. The molecule has 1 nitrogen and oxygen atoms in total. The fourth-order valence-corrected chi connectivity index (χ4v) is 4.98. The van der Waals surface area contributed by atoms with E-state index in [9.17, 15) is 0 Å². The van der Waals surface area contributed by atoms with Crippen molar-refractivity contribution in [2.75, 3.05) is 6.54 Å². The molecule has 0 saturated heterocycles. The topological polar surface area (TPSA) is 12.0 Å². The third kappa shape index (κ3) is 5.59. The van der Waals surface area contributed by atoms with Gasteiger partial charge in [-0.2, -0.15) is 0 Å². The molecule has 2 aliphatic carbocycles. The van der Waals surface area contributed by atoms with E-state index >= 15 is 0 Å². The Balaban J connectivity index is 1.48.